The van der Waals surface area contributed by atoms with Crippen LogP contribution in [0.25, 0.3) is 22.2 Å². The van der Waals surface area contributed by atoms with Crippen molar-refractivity contribution in [3.63, 3.8) is 0 Å². The standard InChI is InChI=1S/C27H41BN2O3Si/c1-17(2)34(18(3)4,19(5)6)30-16-21(24-15-29-20(7)31-24)25-22(13-12-14-23(25)30)28-32-26(8,9)27(10,11)33-28/h12-19H,1-11H3. The average molecular weight is 481 g/mol. The van der Waals surface area contributed by atoms with Gasteiger partial charge in [-0.2, -0.15) is 0 Å². The maximum absolute atomic E-state index is 6.53. The molecule has 1 aliphatic rings. The fourth-order valence-electron chi connectivity index (χ4n) is 6.31. The maximum Gasteiger partial charge on any atom is 0.495 e. The van der Waals surface area contributed by atoms with E-state index in [1.54, 1.807) is 0 Å². The molecule has 0 saturated carbocycles. The monoisotopic (exact) mass is 480 g/mol. The Labute approximate surface area is 206 Å². The molecule has 3 heterocycles. The average Bonchev–Trinajstić information content (AvgIpc) is 3.36. The minimum absolute atomic E-state index is 0.405. The molecule has 0 bridgehead atoms. The fourth-order valence-corrected chi connectivity index (χ4v) is 12.9. The molecule has 1 saturated heterocycles. The summed E-state index contributed by atoms with van der Waals surface area (Å²) in [5.74, 6) is 1.47. The third kappa shape index (κ3) is 3.62. The number of fused-ring (bicyclic) bond motifs is 1. The van der Waals surface area contributed by atoms with Gasteiger partial charge >= 0.3 is 7.12 Å². The van der Waals surface area contributed by atoms with Crippen LogP contribution in [0.4, 0.5) is 0 Å². The molecule has 0 radical (unpaired) electrons. The Morgan fingerprint density at radius 2 is 1.47 bits per heavy atom. The van der Waals surface area contributed by atoms with Gasteiger partial charge in [0.1, 0.15) is 0 Å². The van der Waals surface area contributed by atoms with Crippen molar-refractivity contribution in [2.75, 3.05) is 0 Å². The molecule has 5 nitrogen and oxygen atoms in total. The molecule has 0 atom stereocenters. The van der Waals surface area contributed by atoms with Gasteiger partial charge in [-0.05, 0) is 55.8 Å². The number of aryl methyl sites for hydroxylation is 1. The number of benzene rings is 1. The number of hydrogen-bond donors (Lipinski definition) is 0. The summed E-state index contributed by atoms with van der Waals surface area (Å²) in [7, 11) is -2.46. The van der Waals surface area contributed by atoms with Crippen molar-refractivity contribution in [2.24, 2.45) is 0 Å². The molecule has 184 valence electrons. The van der Waals surface area contributed by atoms with Gasteiger partial charge < -0.3 is 18.0 Å². The van der Waals surface area contributed by atoms with Crippen LogP contribution in [0.15, 0.2) is 35.0 Å². The van der Waals surface area contributed by atoms with E-state index in [0.29, 0.717) is 22.5 Å². The summed E-state index contributed by atoms with van der Waals surface area (Å²) in [6.45, 7) is 24.7. The highest BCUT2D eigenvalue weighted by Gasteiger charge is 2.53. The van der Waals surface area contributed by atoms with E-state index in [2.05, 4.69) is 103 Å². The Hall–Kier alpha value is -1.83. The number of nitrogens with zero attached hydrogens (tertiary/aromatic N) is 2. The van der Waals surface area contributed by atoms with Crippen LogP contribution in [-0.2, 0) is 9.31 Å². The number of hydrogen-bond acceptors (Lipinski definition) is 4. The lowest BCUT2D eigenvalue weighted by Crippen LogP contribution is -2.51. The Morgan fingerprint density at radius 1 is 0.912 bits per heavy atom. The molecule has 1 fully saturated rings. The second-order valence-corrected chi connectivity index (χ2v) is 17.6. The van der Waals surface area contributed by atoms with E-state index in [9.17, 15) is 0 Å². The predicted molar refractivity (Wildman–Crippen MR) is 144 cm³/mol. The Kier molecular flexibility index (Phi) is 6.23. The molecule has 0 amide bonds. The smallest absolute Gasteiger partial charge is 0.441 e. The van der Waals surface area contributed by atoms with Gasteiger partial charge in [-0.1, -0.05) is 53.7 Å². The van der Waals surface area contributed by atoms with Gasteiger partial charge in [0, 0.05) is 29.6 Å². The number of aromatic nitrogens is 2. The van der Waals surface area contributed by atoms with Crippen LogP contribution in [0.3, 0.4) is 0 Å². The second kappa shape index (κ2) is 8.39. The van der Waals surface area contributed by atoms with Gasteiger partial charge in [0.15, 0.2) is 19.9 Å². The lowest BCUT2D eigenvalue weighted by molar-refractivity contribution is 0.00578. The second-order valence-electron chi connectivity index (χ2n) is 11.8. The van der Waals surface area contributed by atoms with Crippen molar-refractivity contribution in [1.82, 2.24) is 9.22 Å². The molecule has 0 aliphatic carbocycles. The predicted octanol–water partition coefficient (Wildman–Crippen LogP) is 6.93. The fraction of sp³-hybridized carbons (Fsp3) is 0.593. The zero-order valence-electron chi connectivity index (χ0n) is 22.8. The van der Waals surface area contributed by atoms with Crippen molar-refractivity contribution >= 4 is 31.7 Å². The number of oxazole rings is 1. The first kappa shape index (κ1) is 25.3. The van der Waals surface area contributed by atoms with E-state index in [-0.39, 0.29) is 0 Å². The first-order valence-corrected chi connectivity index (χ1v) is 14.8. The minimum Gasteiger partial charge on any atom is -0.441 e. The molecular formula is C27H41BN2O3Si. The van der Waals surface area contributed by atoms with Crippen LogP contribution >= 0.6 is 0 Å². The zero-order chi connectivity index (χ0) is 25.2. The van der Waals surface area contributed by atoms with Gasteiger partial charge in [0.2, 0.25) is 0 Å². The Morgan fingerprint density at radius 3 is 1.94 bits per heavy atom. The molecule has 34 heavy (non-hydrogen) atoms. The molecule has 0 spiro atoms. The van der Waals surface area contributed by atoms with E-state index in [4.69, 9.17) is 13.7 Å². The summed E-state index contributed by atoms with van der Waals surface area (Å²) in [4.78, 5) is 4.42. The summed E-state index contributed by atoms with van der Waals surface area (Å²) >= 11 is 0. The Bertz CT molecular complexity index is 1150. The molecule has 7 heteroatoms. The summed E-state index contributed by atoms with van der Waals surface area (Å²) in [5.41, 5.74) is 4.24. The van der Waals surface area contributed by atoms with Gasteiger partial charge in [-0.3, -0.25) is 0 Å². The van der Waals surface area contributed by atoms with Crippen LogP contribution in [0, 0.1) is 6.92 Å². The van der Waals surface area contributed by atoms with E-state index < -0.39 is 26.6 Å². The first-order valence-electron chi connectivity index (χ1n) is 12.7. The molecule has 1 aromatic carbocycles. The normalized spacial score (nSPS) is 18.2. The first-order chi connectivity index (χ1) is 15.7. The largest absolute Gasteiger partial charge is 0.495 e. The minimum atomic E-state index is -2.02. The van der Waals surface area contributed by atoms with Crippen LogP contribution in [0.2, 0.25) is 16.6 Å². The van der Waals surface area contributed by atoms with Gasteiger partial charge in [-0.15, -0.1) is 0 Å². The van der Waals surface area contributed by atoms with Crippen molar-refractivity contribution in [2.45, 2.75) is 104 Å². The summed E-state index contributed by atoms with van der Waals surface area (Å²) in [6, 6.07) is 6.55. The van der Waals surface area contributed by atoms with Crippen molar-refractivity contribution in [3.05, 3.63) is 36.5 Å². The molecule has 2 aromatic heterocycles. The van der Waals surface area contributed by atoms with E-state index >= 15 is 0 Å². The van der Waals surface area contributed by atoms with Crippen LogP contribution < -0.4 is 5.46 Å². The number of rotatable bonds is 6. The van der Waals surface area contributed by atoms with Gasteiger partial charge in [0.05, 0.1) is 17.4 Å². The quantitative estimate of drug-likeness (QED) is 0.359. The maximum atomic E-state index is 6.53. The van der Waals surface area contributed by atoms with Gasteiger partial charge in [0.25, 0.3) is 0 Å². The summed E-state index contributed by atoms with van der Waals surface area (Å²) in [5, 5.41) is 1.15. The molecular weight excluding hydrogens is 439 g/mol. The van der Waals surface area contributed by atoms with Crippen LogP contribution in [0.5, 0.6) is 0 Å². The SMILES string of the molecule is Cc1ncc(-c2cn([Si](C(C)C)(C(C)C)C(C)C)c3cccc(B4OC(C)(C)C(C)(C)O4)c23)o1. The molecule has 3 aromatic rings. The molecule has 0 unspecified atom stereocenters. The molecule has 1 aliphatic heterocycles. The van der Waals surface area contributed by atoms with E-state index in [0.717, 1.165) is 22.2 Å². The highest BCUT2D eigenvalue weighted by molar-refractivity contribution is 6.83. The van der Waals surface area contributed by atoms with Crippen molar-refractivity contribution in [3.8, 4) is 11.3 Å². The van der Waals surface area contributed by atoms with Crippen molar-refractivity contribution < 1.29 is 13.7 Å². The van der Waals surface area contributed by atoms with Gasteiger partial charge in [-0.25, -0.2) is 4.98 Å². The molecule has 4 rings (SSSR count). The highest BCUT2D eigenvalue weighted by atomic mass is 28.3. The van der Waals surface area contributed by atoms with E-state index in [1.807, 2.05) is 13.1 Å². The Balaban J connectivity index is 2.06. The lowest BCUT2D eigenvalue weighted by Gasteiger charge is -2.44. The van der Waals surface area contributed by atoms with E-state index in [1.165, 1.54) is 5.52 Å². The van der Waals surface area contributed by atoms with Crippen LogP contribution in [0.1, 0.15) is 75.1 Å². The zero-order valence-corrected chi connectivity index (χ0v) is 23.8. The topological polar surface area (TPSA) is 49.4 Å². The lowest BCUT2D eigenvalue weighted by atomic mass is 9.76. The molecule has 0 N–H and O–H groups in total. The summed E-state index contributed by atoms with van der Waals surface area (Å²) in [6.07, 6.45) is 4.18. The van der Waals surface area contributed by atoms with Crippen molar-refractivity contribution in [1.29, 1.82) is 0 Å². The highest BCUT2D eigenvalue weighted by Crippen LogP contribution is 2.46. The van der Waals surface area contributed by atoms with Crippen LogP contribution in [-0.4, -0.2) is 35.8 Å². The third-order valence-corrected chi connectivity index (χ3v) is 15.2. The third-order valence-electron chi connectivity index (χ3n) is 8.45. The summed E-state index contributed by atoms with van der Waals surface area (Å²) < 4.78 is 21.8.